The SMILES string of the molecule is O=C(COc1ccc(Cl)cc1)N/N=C/c1cc([N+](=O)[O-])ccc1Cl. The van der Waals surface area contributed by atoms with Gasteiger partial charge in [0.2, 0.25) is 0 Å². The van der Waals surface area contributed by atoms with E-state index in [0.717, 1.165) is 0 Å². The highest BCUT2D eigenvalue weighted by Gasteiger charge is 2.08. The summed E-state index contributed by atoms with van der Waals surface area (Å²) in [5.74, 6) is -0.0111. The van der Waals surface area contributed by atoms with Crippen LogP contribution in [0.1, 0.15) is 5.56 Å². The summed E-state index contributed by atoms with van der Waals surface area (Å²) in [7, 11) is 0. The number of benzene rings is 2. The number of carbonyl (C=O) groups is 1. The second kappa shape index (κ2) is 8.28. The molecule has 0 fully saturated rings. The molecule has 1 amide bonds. The molecule has 0 atom stereocenters. The molecule has 9 heteroatoms. The molecule has 0 radical (unpaired) electrons. The van der Waals surface area contributed by atoms with Crippen molar-refractivity contribution in [2.75, 3.05) is 6.61 Å². The van der Waals surface area contributed by atoms with Gasteiger partial charge in [0.1, 0.15) is 5.75 Å². The molecule has 24 heavy (non-hydrogen) atoms. The van der Waals surface area contributed by atoms with Crippen molar-refractivity contribution in [1.29, 1.82) is 0 Å². The molecular weight excluding hydrogens is 357 g/mol. The number of ether oxygens (including phenoxy) is 1. The Bertz CT molecular complexity index is 779. The van der Waals surface area contributed by atoms with Crippen molar-refractivity contribution in [3.63, 3.8) is 0 Å². The average molecular weight is 368 g/mol. The first kappa shape index (κ1) is 17.7. The monoisotopic (exact) mass is 367 g/mol. The van der Waals surface area contributed by atoms with Crippen LogP contribution in [0.15, 0.2) is 47.6 Å². The van der Waals surface area contributed by atoms with E-state index < -0.39 is 10.8 Å². The topological polar surface area (TPSA) is 93.8 Å². The summed E-state index contributed by atoms with van der Waals surface area (Å²) < 4.78 is 5.24. The Balaban J connectivity index is 1.89. The number of non-ortho nitro benzene ring substituents is 1. The lowest BCUT2D eigenvalue weighted by Crippen LogP contribution is -2.24. The molecule has 2 aromatic rings. The van der Waals surface area contributed by atoms with Gasteiger partial charge in [0.25, 0.3) is 11.6 Å². The molecule has 0 aliphatic carbocycles. The fourth-order valence-electron chi connectivity index (χ4n) is 1.63. The summed E-state index contributed by atoms with van der Waals surface area (Å²) in [6, 6.07) is 10.4. The van der Waals surface area contributed by atoms with Crippen molar-refractivity contribution in [3.05, 3.63) is 68.2 Å². The molecule has 0 bridgehead atoms. The number of amides is 1. The van der Waals surface area contributed by atoms with Crippen molar-refractivity contribution in [3.8, 4) is 5.75 Å². The van der Waals surface area contributed by atoms with Crippen molar-refractivity contribution < 1.29 is 14.5 Å². The minimum atomic E-state index is -0.549. The Kier molecular flexibility index (Phi) is 6.11. The van der Waals surface area contributed by atoms with E-state index in [2.05, 4.69) is 10.5 Å². The number of nitro groups is 1. The molecule has 124 valence electrons. The van der Waals surface area contributed by atoms with Crippen molar-refractivity contribution >= 4 is 41.0 Å². The van der Waals surface area contributed by atoms with Crippen LogP contribution in [0.2, 0.25) is 10.0 Å². The fraction of sp³-hybridized carbons (Fsp3) is 0.0667. The van der Waals surface area contributed by atoms with Gasteiger partial charge in [0.15, 0.2) is 6.61 Å². The van der Waals surface area contributed by atoms with Gasteiger partial charge in [0.05, 0.1) is 11.1 Å². The smallest absolute Gasteiger partial charge is 0.277 e. The number of nitrogens with zero attached hydrogens (tertiary/aromatic N) is 2. The van der Waals surface area contributed by atoms with E-state index in [-0.39, 0.29) is 17.3 Å². The molecule has 0 aliphatic rings. The lowest BCUT2D eigenvalue weighted by atomic mass is 10.2. The highest BCUT2D eigenvalue weighted by molar-refractivity contribution is 6.33. The van der Waals surface area contributed by atoms with Crippen LogP contribution in [0.5, 0.6) is 5.75 Å². The fourth-order valence-corrected chi connectivity index (χ4v) is 1.92. The Morgan fingerprint density at radius 2 is 1.96 bits per heavy atom. The van der Waals surface area contributed by atoms with Gasteiger partial charge in [-0.2, -0.15) is 5.10 Å². The minimum absolute atomic E-state index is 0.127. The number of hydrogen-bond acceptors (Lipinski definition) is 5. The van der Waals surface area contributed by atoms with E-state index in [9.17, 15) is 14.9 Å². The zero-order chi connectivity index (χ0) is 17.5. The molecule has 0 saturated heterocycles. The minimum Gasteiger partial charge on any atom is -0.484 e. The number of hydrogen-bond donors (Lipinski definition) is 1. The van der Waals surface area contributed by atoms with Gasteiger partial charge in [-0.1, -0.05) is 23.2 Å². The lowest BCUT2D eigenvalue weighted by Gasteiger charge is -2.04. The van der Waals surface area contributed by atoms with Crippen LogP contribution in [0.3, 0.4) is 0 Å². The van der Waals surface area contributed by atoms with Crippen LogP contribution in [0, 0.1) is 10.1 Å². The summed E-state index contributed by atoms with van der Waals surface area (Å²) in [5, 5.41) is 15.2. The third-order valence-corrected chi connectivity index (χ3v) is 3.36. The molecule has 0 saturated carbocycles. The number of nitrogens with one attached hydrogen (secondary N) is 1. The average Bonchev–Trinajstić information content (AvgIpc) is 2.56. The normalized spacial score (nSPS) is 10.6. The Labute approximate surface area is 147 Å². The maximum absolute atomic E-state index is 11.6. The van der Waals surface area contributed by atoms with Crippen LogP contribution in [0.4, 0.5) is 5.69 Å². The standard InChI is InChI=1S/C15H11Cl2N3O4/c16-11-1-4-13(5-2-11)24-9-15(21)19-18-8-10-7-12(20(22)23)3-6-14(10)17/h1-8H,9H2,(H,19,21)/b18-8+. The Hall–Kier alpha value is -2.64. The van der Waals surface area contributed by atoms with Crippen molar-refractivity contribution in [2.24, 2.45) is 5.10 Å². The summed E-state index contributed by atoms with van der Waals surface area (Å²) in [6.07, 6.45) is 1.22. The van der Waals surface area contributed by atoms with Gasteiger partial charge in [-0.25, -0.2) is 5.43 Å². The van der Waals surface area contributed by atoms with Gasteiger partial charge < -0.3 is 4.74 Å². The van der Waals surface area contributed by atoms with Gasteiger partial charge in [-0.15, -0.1) is 0 Å². The van der Waals surface area contributed by atoms with Gasteiger partial charge in [-0.05, 0) is 30.3 Å². The van der Waals surface area contributed by atoms with Crippen molar-refractivity contribution in [1.82, 2.24) is 5.43 Å². The van der Waals surface area contributed by atoms with E-state index in [1.54, 1.807) is 24.3 Å². The van der Waals surface area contributed by atoms with E-state index >= 15 is 0 Å². The second-order valence-electron chi connectivity index (χ2n) is 4.50. The van der Waals surface area contributed by atoms with E-state index in [4.69, 9.17) is 27.9 Å². The molecular formula is C15H11Cl2N3O4. The second-order valence-corrected chi connectivity index (χ2v) is 5.34. The van der Waals surface area contributed by atoms with Gasteiger partial charge in [-0.3, -0.25) is 14.9 Å². The van der Waals surface area contributed by atoms with E-state index in [1.165, 1.54) is 24.4 Å². The molecule has 2 rings (SSSR count). The third-order valence-electron chi connectivity index (χ3n) is 2.77. The summed E-state index contributed by atoms with van der Waals surface area (Å²) in [5.41, 5.74) is 2.42. The lowest BCUT2D eigenvalue weighted by molar-refractivity contribution is -0.384. The molecule has 0 aliphatic heterocycles. The zero-order valence-corrected chi connectivity index (χ0v) is 13.6. The first-order chi connectivity index (χ1) is 11.5. The van der Waals surface area contributed by atoms with E-state index in [0.29, 0.717) is 16.3 Å². The molecule has 2 aromatic carbocycles. The number of halogens is 2. The number of hydrazone groups is 1. The number of carbonyl (C=O) groups excluding carboxylic acids is 1. The predicted molar refractivity (Wildman–Crippen MR) is 90.8 cm³/mol. The molecule has 0 spiro atoms. The highest BCUT2D eigenvalue weighted by atomic mass is 35.5. The van der Waals surface area contributed by atoms with Gasteiger partial charge in [0, 0.05) is 27.7 Å². The van der Waals surface area contributed by atoms with Crippen LogP contribution in [-0.4, -0.2) is 23.7 Å². The van der Waals surface area contributed by atoms with Crippen molar-refractivity contribution in [2.45, 2.75) is 0 Å². The first-order valence-corrected chi connectivity index (χ1v) is 7.35. The predicted octanol–water partition coefficient (Wildman–Crippen LogP) is 3.43. The maximum Gasteiger partial charge on any atom is 0.277 e. The maximum atomic E-state index is 11.6. The largest absolute Gasteiger partial charge is 0.484 e. The van der Waals surface area contributed by atoms with E-state index in [1.807, 2.05) is 0 Å². The highest BCUT2D eigenvalue weighted by Crippen LogP contribution is 2.20. The Morgan fingerprint density at radius 3 is 2.62 bits per heavy atom. The number of nitro benzene ring substituents is 1. The molecule has 0 aromatic heterocycles. The third kappa shape index (κ3) is 5.22. The molecule has 0 unspecified atom stereocenters. The molecule has 1 N–H and O–H groups in total. The van der Waals surface area contributed by atoms with Crippen LogP contribution in [0.25, 0.3) is 0 Å². The van der Waals surface area contributed by atoms with Crippen LogP contribution < -0.4 is 10.2 Å². The first-order valence-electron chi connectivity index (χ1n) is 6.60. The molecule has 7 nitrogen and oxygen atoms in total. The summed E-state index contributed by atoms with van der Waals surface area (Å²) >= 11 is 11.6. The van der Waals surface area contributed by atoms with Gasteiger partial charge >= 0.3 is 0 Å². The summed E-state index contributed by atoms with van der Waals surface area (Å²) in [4.78, 5) is 21.8. The number of rotatable bonds is 6. The zero-order valence-electron chi connectivity index (χ0n) is 12.1. The van der Waals surface area contributed by atoms with Crippen LogP contribution >= 0.6 is 23.2 Å². The van der Waals surface area contributed by atoms with Crippen LogP contribution in [-0.2, 0) is 4.79 Å². The quantitative estimate of drug-likeness (QED) is 0.480. The Morgan fingerprint density at radius 1 is 1.25 bits per heavy atom. The molecule has 0 heterocycles. The summed E-state index contributed by atoms with van der Waals surface area (Å²) in [6.45, 7) is -0.248.